The topological polar surface area (TPSA) is 88.4 Å². The highest BCUT2D eigenvalue weighted by Crippen LogP contribution is 2.47. The molecule has 8 nitrogen and oxygen atoms in total. The zero-order chi connectivity index (χ0) is 15.4. The van der Waals surface area contributed by atoms with Crippen LogP contribution in [0.25, 0.3) is 0 Å². The van der Waals surface area contributed by atoms with Crippen molar-refractivity contribution >= 4 is 0 Å². The Bertz CT molecular complexity index is 698. The van der Waals surface area contributed by atoms with E-state index in [4.69, 9.17) is 4.98 Å². The summed E-state index contributed by atoms with van der Waals surface area (Å²) in [6, 6.07) is 0. The second-order valence-electron chi connectivity index (χ2n) is 7.35. The van der Waals surface area contributed by atoms with Gasteiger partial charge in [-0.1, -0.05) is 0 Å². The average molecular weight is 314 g/mol. The molecule has 0 aromatic carbocycles. The molecule has 122 valence electrons. The number of likely N-dealkylation sites (tertiary alicyclic amines) is 1. The van der Waals surface area contributed by atoms with Crippen LogP contribution in [0.2, 0.25) is 0 Å². The Balaban J connectivity index is 1.34. The number of tetrazole rings is 1. The molecule has 2 atom stereocenters. The largest absolute Gasteiger partial charge is 0.295 e. The summed E-state index contributed by atoms with van der Waals surface area (Å²) in [6.45, 7) is 2.89. The maximum absolute atomic E-state index is 4.82. The van der Waals surface area contributed by atoms with E-state index in [0.717, 1.165) is 43.0 Å². The maximum atomic E-state index is 4.82. The van der Waals surface area contributed by atoms with Gasteiger partial charge in [0.25, 0.3) is 0 Å². The van der Waals surface area contributed by atoms with E-state index in [1.165, 1.54) is 30.5 Å². The Morgan fingerprint density at radius 1 is 1.17 bits per heavy atom. The number of nitrogens with zero attached hydrogens (tertiary/aromatic N) is 7. The van der Waals surface area contributed by atoms with Gasteiger partial charge in [0.1, 0.15) is 5.82 Å². The van der Waals surface area contributed by atoms with Crippen LogP contribution in [-0.2, 0) is 13.6 Å². The second-order valence-corrected chi connectivity index (χ2v) is 7.35. The molecule has 8 heteroatoms. The molecule has 0 spiro atoms. The summed E-state index contributed by atoms with van der Waals surface area (Å²) in [4.78, 5) is 8.80. The van der Waals surface area contributed by atoms with Crippen molar-refractivity contribution in [3.8, 4) is 0 Å². The van der Waals surface area contributed by atoms with E-state index in [-0.39, 0.29) is 0 Å². The first-order chi connectivity index (χ1) is 11.3. The third-order valence-electron chi connectivity index (χ3n) is 5.40. The van der Waals surface area contributed by atoms with Crippen molar-refractivity contribution in [3.05, 3.63) is 17.5 Å². The molecule has 0 amide bonds. The number of aryl methyl sites for hydroxylation is 1. The molecule has 2 saturated carbocycles. The molecule has 1 aliphatic heterocycles. The van der Waals surface area contributed by atoms with Gasteiger partial charge >= 0.3 is 0 Å². The quantitative estimate of drug-likeness (QED) is 0.879. The van der Waals surface area contributed by atoms with Gasteiger partial charge in [-0.3, -0.25) is 10.00 Å². The molecule has 3 aliphatic rings. The maximum Gasteiger partial charge on any atom is 0.188 e. The highest BCUT2D eigenvalue weighted by atomic mass is 15.6. The molecule has 2 aromatic rings. The van der Waals surface area contributed by atoms with Crippen LogP contribution in [0.1, 0.15) is 55.0 Å². The molecule has 2 aromatic heterocycles. The normalized spacial score (nSPS) is 28.6. The van der Waals surface area contributed by atoms with E-state index >= 15 is 0 Å². The Kier molecular flexibility index (Phi) is 3.01. The van der Waals surface area contributed by atoms with Crippen LogP contribution in [0.15, 0.2) is 0 Å². The molecule has 23 heavy (non-hydrogen) atoms. The molecular weight excluding hydrogens is 292 g/mol. The number of aromatic nitrogens is 7. The first-order valence-corrected chi connectivity index (χ1v) is 8.63. The van der Waals surface area contributed by atoms with Crippen molar-refractivity contribution < 1.29 is 0 Å². The van der Waals surface area contributed by atoms with Crippen LogP contribution in [0.3, 0.4) is 0 Å². The number of rotatable bonds is 5. The average Bonchev–Trinajstić information content (AvgIpc) is 3.44. The number of H-pyrrole nitrogens is 1. The second kappa shape index (κ2) is 5.09. The lowest BCUT2D eigenvalue weighted by molar-refractivity contribution is 0.301. The van der Waals surface area contributed by atoms with E-state index in [1.54, 1.807) is 0 Å². The van der Waals surface area contributed by atoms with Gasteiger partial charge in [-0.2, -0.15) is 9.90 Å². The summed E-state index contributed by atoms with van der Waals surface area (Å²) >= 11 is 0. The van der Waals surface area contributed by atoms with E-state index < -0.39 is 0 Å². The van der Waals surface area contributed by atoms with Crippen molar-refractivity contribution in [1.29, 1.82) is 0 Å². The molecular formula is C15H22N8. The fourth-order valence-corrected chi connectivity index (χ4v) is 3.90. The summed E-state index contributed by atoms with van der Waals surface area (Å²) in [5.74, 6) is 5.56. The molecule has 0 bridgehead atoms. The first kappa shape index (κ1) is 13.6. The van der Waals surface area contributed by atoms with Crippen molar-refractivity contribution in [2.24, 2.45) is 18.9 Å². The number of aromatic amines is 1. The van der Waals surface area contributed by atoms with E-state index in [9.17, 15) is 0 Å². The minimum Gasteiger partial charge on any atom is -0.295 e. The summed E-state index contributed by atoms with van der Waals surface area (Å²) in [5.41, 5.74) is 0. The van der Waals surface area contributed by atoms with Crippen LogP contribution in [0, 0.1) is 11.8 Å². The lowest BCUT2D eigenvalue weighted by Crippen LogP contribution is -2.21. The van der Waals surface area contributed by atoms with Crippen molar-refractivity contribution in [2.75, 3.05) is 13.1 Å². The van der Waals surface area contributed by atoms with Gasteiger partial charge in [-0.05, 0) is 42.7 Å². The predicted molar refractivity (Wildman–Crippen MR) is 81.4 cm³/mol. The van der Waals surface area contributed by atoms with Gasteiger partial charge in [0.2, 0.25) is 0 Å². The SMILES string of the molecule is Cn1nnc(CN2C[C@H](c3nc(C4CC4)n[nH]3)[C@@H](C3CC3)C2)n1. The summed E-state index contributed by atoms with van der Waals surface area (Å²) in [7, 11) is 1.81. The predicted octanol–water partition coefficient (Wildman–Crippen LogP) is 0.831. The van der Waals surface area contributed by atoms with E-state index in [2.05, 4.69) is 30.5 Å². The van der Waals surface area contributed by atoms with E-state index in [0.29, 0.717) is 17.8 Å². The minimum atomic E-state index is 0.471. The van der Waals surface area contributed by atoms with Crippen molar-refractivity contribution in [1.82, 2.24) is 40.3 Å². The van der Waals surface area contributed by atoms with Gasteiger partial charge in [-0.25, -0.2) is 4.98 Å². The van der Waals surface area contributed by atoms with Gasteiger partial charge in [0, 0.05) is 24.9 Å². The molecule has 5 rings (SSSR count). The fourth-order valence-electron chi connectivity index (χ4n) is 3.90. The molecule has 2 aliphatic carbocycles. The van der Waals surface area contributed by atoms with Gasteiger partial charge in [-0.15, -0.1) is 10.2 Å². The molecule has 0 unspecified atom stereocenters. The summed E-state index contributed by atoms with van der Waals surface area (Å²) < 4.78 is 0. The molecule has 1 saturated heterocycles. The van der Waals surface area contributed by atoms with Crippen LogP contribution in [-0.4, -0.2) is 53.4 Å². The Morgan fingerprint density at radius 3 is 2.74 bits per heavy atom. The Morgan fingerprint density at radius 2 is 2.04 bits per heavy atom. The Labute approximate surface area is 134 Å². The van der Waals surface area contributed by atoms with Crippen molar-refractivity contribution in [3.63, 3.8) is 0 Å². The summed E-state index contributed by atoms with van der Waals surface area (Å²) in [5, 5.41) is 20.1. The first-order valence-electron chi connectivity index (χ1n) is 8.63. The number of hydrogen-bond acceptors (Lipinski definition) is 6. The van der Waals surface area contributed by atoms with Crippen LogP contribution in [0.4, 0.5) is 0 Å². The fraction of sp³-hybridized carbons (Fsp3) is 0.800. The monoisotopic (exact) mass is 314 g/mol. The summed E-state index contributed by atoms with van der Waals surface area (Å²) in [6.07, 6.45) is 5.22. The van der Waals surface area contributed by atoms with Crippen molar-refractivity contribution in [2.45, 2.75) is 44.1 Å². The molecule has 1 N–H and O–H groups in total. The zero-order valence-corrected chi connectivity index (χ0v) is 13.4. The lowest BCUT2D eigenvalue weighted by Gasteiger charge is -2.14. The Hall–Kier alpha value is -1.83. The van der Waals surface area contributed by atoms with Gasteiger partial charge < -0.3 is 0 Å². The molecule has 3 heterocycles. The van der Waals surface area contributed by atoms with Gasteiger partial charge in [0.05, 0.1) is 13.6 Å². The molecule has 0 radical (unpaired) electrons. The highest BCUT2D eigenvalue weighted by molar-refractivity contribution is 5.12. The number of hydrogen-bond donors (Lipinski definition) is 1. The lowest BCUT2D eigenvalue weighted by atomic mass is 9.91. The van der Waals surface area contributed by atoms with Crippen LogP contribution >= 0.6 is 0 Å². The smallest absolute Gasteiger partial charge is 0.188 e. The minimum absolute atomic E-state index is 0.471. The van der Waals surface area contributed by atoms with Crippen LogP contribution in [0.5, 0.6) is 0 Å². The number of nitrogens with one attached hydrogen (secondary N) is 1. The van der Waals surface area contributed by atoms with E-state index in [1.807, 2.05) is 7.05 Å². The highest BCUT2D eigenvalue weighted by Gasteiger charge is 2.44. The van der Waals surface area contributed by atoms with Gasteiger partial charge in [0.15, 0.2) is 11.6 Å². The third-order valence-corrected chi connectivity index (χ3v) is 5.40. The zero-order valence-electron chi connectivity index (χ0n) is 13.4. The standard InChI is InChI=1S/C15H22N8/c1-22-20-13(17-21-22)8-23-6-11(9-2-3-9)12(7-23)15-16-14(18-19-15)10-4-5-10/h9-12H,2-8H2,1H3,(H,16,18,19)/t11-,12+/m1/s1. The molecule has 3 fully saturated rings. The third kappa shape index (κ3) is 2.65. The van der Waals surface area contributed by atoms with Crippen LogP contribution < -0.4 is 0 Å².